The van der Waals surface area contributed by atoms with Gasteiger partial charge < -0.3 is 10.2 Å². The second-order valence-corrected chi connectivity index (χ2v) is 11.2. The van der Waals surface area contributed by atoms with E-state index < -0.39 is 0 Å². The monoisotopic (exact) mass is 502 g/mol. The fourth-order valence-electron chi connectivity index (χ4n) is 4.17. The van der Waals surface area contributed by atoms with Crippen LogP contribution in [0.15, 0.2) is 48.5 Å². The molecule has 0 aliphatic carbocycles. The second kappa shape index (κ2) is 11.8. The van der Waals surface area contributed by atoms with Crippen molar-refractivity contribution < 1.29 is 9.59 Å². The molecule has 3 rings (SSSR count). The van der Waals surface area contributed by atoms with Gasteiger partial charge in [-0.1, -0.05) is 58.4 Å². The Morgan fingerprint density at radius 1 is 1.05 bits per heavy atom. The number of anilines is 1. The maximum Gasteiger partial charge on any atom is 0.254 e. The third-order valence-electron chi connectivity index (χ3n) is 6.77. The summed E-state index contributed by atoms with van der Waals surface area (Å²) in [6, 6.07) is 15.6. The molecule has 0 aliphatic heterocycles. The third kappa shape index (κ3) is 6.88. The van der Waals surface area contributed by atoms with Gasteiger partial charge in [0.1, 0.15) is 12.4 Å². The van der Waals surface area contributed by atoms with Crippen LogP contribution in [0.1, 0.15) is 87.1 Å². The van der Waals surface area contributed by atoms with Crippen molar-refractivity contribution in [3.8, 4) is 5.69 Å². The SMILES string of the molecule is CCCCc1ccc(C(=O)N(CC(=O)Nc2cc(C(C)(C)C)nn2-c2cccc(C)c2C)C(C)C)cc1. The lowest BCUT2D eigenvalue weighted by Gasteiger charge is -2.26. The Balaban J connectivity index is 1.84. The van der Waals surface area contributed by atoms with E-state index in [0.717, 1.165) is 41.8 Å². The molecule has 0 aliphatic rings. The van der Waals surface area contributed by atoms with Gasteiger partial charge in [0.25, 0.3) is 5.91 Å². The van der Waals surface area contributed by atoms with Crippen LogP contribution in [-0.2, 0) is 16.6 Å². The van der Waals surface area contributed by atoms with Crippen LogP contribution in [-0.4, -0.2) is 39.1 Å². The molecule has 0 saturated heterocycles. The lowest BCUT2D eigenvalue weighted by atomic mass is 9.92. The Bertz CT molecular complexity index is 1230. The van der Waals surface area contributed by atoms with E-state index >= 15 is 0 Å². The molecule has 2 amide bonds. The highest BCUT2D eigenvalue weighted by Crippen LogP contribution is 2.28. The van der Waals surface area contributed by atoms with Gasteiger partial charge in [-0.3, -0.25) is 9.59 Å². The van der Waals surface area contributed by atoms with E-state index in [-0.39, 0.29) is 29.8 Å². The summed E-state index contributed by atoms with van der Waals surface area (Å²) in [4.78, 5) is 28.2. The zero-order chi connectivity index (χ0) is 27.3. The molecule has 2 aromatic carbocycles. The van der Waals surface area contributed by atoms with E-state index in [9.17, 15) is 9.59 Å². The van der Waals surface area contributed by atoms with Crippen LogP contribution in [0.25, 0.3) is 5.69 Å². The molecular formula is C31H42N4O2. The number of carbonyl (C=O) groups excluding carboxylic acids is 2. The van der Waals surface area contributed by atoms with Crippen LogP contribution in [0, 0.1) is 13.8 Å². The molecule has 3 aromatic rings. The largest absolute Gasteiger partial charge is 0.327 e. The van der Waals surface area contributed by atoms with Crippen LogP contribution in [0.4, 0.5) is 5.82 Å². The van der Waals surface area contributed by atoms with Crippen LogP contribution in [0.3, 0.4) is 0 Å². The van der Waals surface area contributed by atoms with Gasteiger partial charge in [0, 0.05) is 23.1 Å². The van der Waals surface area contributed by atoms with E-state index in [2.05, 4.69) is 52.9 Å². The van der Waals surface area contributed by atoms with Gasteiger partial charge in [0.05, 0.1) is 11.4 Å². The van der Waals surface area contributed by atoms with E-state index in [1.807, 2.05) is 56.3 Å². The van der Waals surface area contributed by atoms with Crippen molar-refractivity contribution in [2.45, 2.75) is 86.1 Å². The summed E-state index contributed by atoms with van der Waals surface area (Å²) in [6.45, 7) is 16.4. The van der Waals surface area contributed by atoms with Crippen LogP contribution < -0.4 is 5.32 Å². The average Bonchev–Trinajstić information content (AvgIpc) is 3.26. The van der Waals surface area contributed by atoms with E-state index in [0.29, 0.717) is 11.4 Å². The number of hydrogen-bond donors (Lipinski definition) is 1. The molecular weight excluding hydrogens is 460 g/mol. The van der Waals surface area contributed by atoms with Gasteiger partial charge >= 0.3 is 0 Å². The second-order valence-electron chi connectivity index (χ2n) is 11.2. The fraction of sp³-hybridized carbons (Fsp3) is 0.452. The minimum Gasteiger partial charge on any atom is -0.327 e. The molecule has 0 radical (unpaired) electrons. The lowest BCUT2D eigenvalue weighted by molar-refractivity contribution is -0.117. The molecule has 0 spiro atoms. The summed E-state index contributed by atoms with van der Waals surface area (Å²) >= 11 is 0. The Kier molecular flexibility index (Phi) is 8.95. The zero-order valence-corrected chi connectivity index (χ0v) is 23.7. The van der Waals surface area contributed by atoms with Gasteiger partial charge in [-0.2, -0.15) is 5.10 Å². The number of hydrogen-bond acceptors (Lipinski definition) is 3. The molecule has 6 heteroatoms. The van der Waals surface area contributed by atoms with Crippen molar-refractivity contribution in [2.75, 3.05) is 11.9 Å². The Morgan fingerprint density at radius 2 is 1.73 bits per heavy atom. The summed E-state index contributed by atoms with van der Waals surface area (Å²) in [6.07, 6.45) is 3.27. The number of amides is 2. The molecule has 0 saturated carbocycles. The molecule has 198 valence electrons. The number of aryl methyl sites for hydroxylation is 2. The molecule has 6 nitrogen and oxygen atoms in total. The minimum atomic E-state index is -0.256. The lowest BCUT2D eigenvalue weighted by Crippen LogP contribution is -2.42. The Morgan fingerprint density at radius 3 is 2.32 bits per heavy atom. The van der Waals surface area contributed by atoms with E-state index in [1.165, 1.54) is 5.56 Å². The number of rotatable bonds is 9. The third-order valence-corrected chi connectivity index (χ3v) is 6.77. The first-order valence-corrected chi connectivity index (χ1v) is 13.3. The maximum atomic E-state index is 13.3. The van der Waals surface area contributed by atoms with Crippen LogP contribution in [0.2, 0.25) is 0 Å². The van der Waals surface area contributed by atoms with Gasteiger partial charge in [-0.25, -0.2) is 4.68 Å². The Hall–Kier alpha value is -3.41. The van der Waals surface area contributed by atoms with Gasteiger partial charge in [0.15, 0.2) is 0 Å². The predicted octanol–water partition coefficient (Wildman–Crippen LogP) is 6.62. The number of nitrogens with zero attached hydrogens (tertiary/aromatic N) is 3. The van der Waals surface area contributed by atoms with Crippen LogP contribution in [0.5, 0.6) is 0 Å². The fourth-order valence-corrected chi connectivity index (χ4v) is 4.17. The molecule has 0 unspecified atom stereocenters. The summed E-state index contributed by atoms with van der Waals surface area (Å²) < 4.78 is 1.80. The van der Waals surface area contributed by atoms with Crippen molar-refractivity contribution in [3.63, 3.8) is 0 Å². The van der Waals surface area contributed by atoms with Crippen molar-refractivity contribution in [3.05, 3.63) is 76.5 Å². The molecule has 0 bridgehead atoms. The first kappa shape index (κ1) is 28.2. The smallest absolute Gasteiger partial charge is 0.254 e. The summed E-state index contributed by atoms with van der Waals surface area (Å²) in [5.74, 6) is 0.194. The first-order chi connectivity index (χ1) is 17.4. The van der Waals surface area contributed by atoms with Crippen molar-refractivity contribution >= 4 is 17.6 Å². The molecule has 0 atom stereocenters. The first-order valence-electron chi connectivity index (χ1n) is 13.3. The van der Waals surface area contributed by atoms with Gasteiger partial charge in [-0.05, 0) is 75.4 Å². The van der Waals surface area contributed by atoms with Crippen molar-refractivity contribution in [1.29, 1.82) is 0 Å². The molecule has 1 aromatic heterocycles. The van der Waals surface area contributed by atoms with Gasteiger partial charge in [0.2, 0.25) is 5.91 Å². The molecule has 37 heavy (non-hydrogen) atoms. The predicted molar refractivity (Wildman–Crippen MR) is 152 cm³/mol. The number of aromatic nitrogens is 2. The molecule has 0 fully saturated rings. The molecule has 1 heterocycles. The number of unbranched alkanes of at least 4 members (excludes halogenated alkanes) is 1. The standard InChI is InChI=1S/C31H42N4O2/c1-9-10-13-24-15-17-25(18-16-24)30(37)34(21(2)3)20-29(36)32-28-19-27(31(6,7)8)33-35(28)26-14-11-12-22(4)23(26)5/h11-12,14-19,21H,9-10,13,20H2,1-8H3,(H,32,36). The molecule has 1 N–H and O–H groups in total. The van der Waals surface area contributed by atoms with Crippen LogP contribution >= 0.6 is 0 Å². The zero-order valence-electron chi connectivity index (χ0n) is 23.7. The number of benzene rings is 2. The van der Waals surface area contributed by atoms with Gasteiger partial charge in [-0.15, -0.1) is 0 Å². The maximum absolute atomic E-state index is 13.3. The minimum absolute atomic E-state index is 0.0447. The van der Waals surface area contributed by atoms with E-state index in [1.54, 1.807) is 9.58 Å². The number of carbonyl (C=O) groups is 2. The summed E-state index contributed by atoms with van der Waals surface area (Å²) in [7, 11) is 0. The summed E-state index contributed by atoms with van der Waals surface area (Å²) in [5.41, 5.74) is 5.68. The van der Waals surface area contributed by atoms with E-state index in [4.69, 9.17) is 5.10 Å². The normalized spacial score (nSPS) is 11.6. The highest BCUT2D eigenvalue weighted by atomic mass is 16.2. The Labute approximate surface area is 222 Å². The quantitative estimate of drug-likeness (QED) is 0.358. The average molecular weight is 503 g/mol. The van der Waals surface area contributed by atoms with Crippen molar-refractivity contribution in [2.24, 2.45) is 0 Å². The highest BCUT2D eigenvalue weighted by Gasteiger charge is 2.25. The number of nitrogens with one attached hydrogen (secondary N) is 1. The van der Waals surface area contributed by atoms with Crippen molar-refractivity contribution in [1.82, 2.24) is 14.7 Å². The highest BCUT2D eigenvalue weighted by molar-refractivity contribution is 5.99. The topological polar surface area (TPSA) is 67.2 Å². The summed E-state index contributed by atoms with van der Waals surface area (Å²) in [5, 5.41) is 7.89.